The van der Waals surface area contributed by atoms with Crippen LogP contribution < -0.4 is 15.5 Å². The first-order valence-electron chi connectivity index (χ1n) is 12.3. The molecule has 5 rings (SSSR count). The lowest BCUT2D eigenvalue weighted by Crippen LogP contribution is -2.28. The summed E-state index contributed by atoms with van der Waals surface area (Å²) in [5.74, 6) is 0.212. The van der Waals surface area contributed by atoms with E-state index in [2.05, 4.69) is 5.32 Å². The van der Waals surface area contributed by atoms with E-state index < -0.39 is 27.1 Å². The zero-order valence-electron chi connectivity index (χ0n) is 21.5. The van der Waals surface area contributed by atoms with Gasteiger partial charge < -0.3 is 19.6 Å². The molecule has 1 amide bonds. The fourth-order valence-electron chi connectivity index (χ4n) is 4.53. The number of aryl methyl sites for hydroxylation is 1. The molecule has 12 heteroatoms. The molecule has 12 nitrogen and oxygen atoms in total. The van der Waals surface area contributed by atoms with Crippen LogP contribution in [0.25, 0.3) is 33.4 Å². The van der Waals surface area contributed by atoms with Gasteiger partial charge in [0.25, 0.3) is 17.3 Å². The van der Waals surface area contributed by atoms with Gasteiger partial charge in [-0.2, -0.15) is 0 Å². The Bertz CT molecular complexity index is 1850. The van der Waals surface area contributed by atoms with Gasteiger partial charge in [0.05, 0.1) is 28.0 Å². The van der Waals surface area contributed by atoms with Crippen molar-refractivity contribution in [2.45, 2.75) is 6.92 Å². The second kappa shape index (κ2) is 10.8. The van der Waals surface area contributed by atoms with E-state index in [1.54, 1.807) is 24.3 Å². The Morgan fingerprint density at radius 3 is 2.32 bits per heavy atom. The molecule has 0 aromatic heterocycles. The van der Waals surface area contributed by atoms with Crippen LogP contribution in [0.1, 0.15) is 15.9 Å². The van der Waals surface area contributed by atoms with Gasteiger partial charge in [-0.1, -0.05) is 6.07 Å². The Balaban J connectivity index is 1.33. The van der Waals surface area contributed by atoms with E-state index in [-0.39, 0.29) is 29.9 Å². The van der Waals surface area contributed by atoms with Crippen molar-refractivity contribution in [1.82, 2.24) is 5.32 Å². The van der Waals surface area contributed by atoms with Gasteiger partial charge in [0, 0.05) is 40.8 Å². The number of nitrogens with one attached hydrogen (secondary N) is 1. The minimum atomic E-state index is -0.806. The fraction of sp³-hybridized carbons (Fsp3) is 0.103. The molecule has 2 aliphatic rings. The number of aromatic hydroxyl groups is 1. The van der Waals surface area contributed by atoms with Gasteiger partial charge in [-0.05, 0) is 54.4 Å². The summed E-state index contributed by atoms with van der Waals surface area (Å²) in [7, 11) is 0. The van der Waals surface area contributed by atoms with E-state index in [1.165, 1.54) is 18.2 Å². The molecular weight excluding hydrogens is 534 g/mol. The predicted molar refractivity (Wildman–Crippen MR) is 149 cm³/mol. The normalized spacial score (nSPS) is 11.0. The second-order valence-electron chi connectivity index (χ2n) is 9.15. The third kappa shape index (κ3) is 5.52. The molecule has 3 aromatic carbocycles. The number of phenolic OH excluding ortho intramolecular Hbond substituents is 1. The van der Waals surface area contributed by atoms with Gasteiger partial charge in [-0.3, -0.25) is 29.8 Å². The number of rotatable bonds is 8. The number of nitro groups is 2. The number of hydrogen-bond donors (Lipinski definition) is 2. The fourth-order valence-corrected chi connectivity index (χ4v) is 4.53. The average molecular weight is 555 g/mol. The molecule has 1 heterocycles. The van der Waals surface area contributed by atoms with Crippen molar-refractivity contribution >= 4 is 28.3 Å². The SMILES string of the molecule is Cc1cc(OCCNC(=O)c2cc([N+](=O)[O-])cc([N+](=O)[O-])c2)ccc1-c1c2ccc(=O)cc-2oc2cc(O)ccc12. The molecule has 0 spiro atoms. The highest BCUT2D eigenvalue weighted by Crippen LogP contribution is 2.42. The maximum atomic E-state index is 12.5. The zero-order chi connectivity index (χ0) is 29.3. The van der Waals surface area contributed by atoms with E-state index in [0.29, 0.717) is 17.1 Å². The first-order chi connectivity index (χ1) is 19.6. The number of nitrogens with zero attached hydrogens (tertiary/aromatic N) is 2. The smallest absolute Gasteiger partial charge is 0.277 e. The summed E-state index contributed by atoms with van der Waals surface area (Å²) in [4.78, 5) is 45.0. The molecule has 0 saturated carbocycles. The molecule has 3 aromatic rings. The molecule has 41 heavy (non-hydrogen) atoms. The van der Waals surface area contributed by atoms with Crippen molar-refractivity contribution in [3.05, 3.63) is 114 Å². The number of fused-ring (bicyclic) bond motifs is 2. The molecule has 2 N–H and O–H groups in total. The minimum Gasteiger partial charge on any atom is -0.508 e. The summed E-state index contributed by atoms with van der Waals surface area (Å²) in [6, 6.07) is 17.5. The van der Waals surface area contributed by atoms with Crippen LogP contribution in [-0.2, 0) is 0 Å². The number of hydrogen-bond acceptors (Lipinski definition) is 9. The highest BCUT2D eigenvalue weighted by molar-refractivity contribution is 6.02. The number of non-ortho nitro benzene ring substituents is 2. The third-order valence-corrected chi connectivity index (χ3v) is 6.39. The maximum absolute atomic E-state index is 12.5. The highest BCUT2D eigenvalue weighted by atomic mass is 16.6. The minimum absolute atomic E-state index is 0.0288. The molecule has 0 fully saturated rings. The third-order valence-electron chi connectivity index (χ3n) is 6.39. The van der Waals surface area contributed by atoms with Crippen molar-refractivity contribution in [2.24, 2.45) is 0 Å². The molecule has 0 saturated heterocycles. The summed E-state index contributed by atoms with van der Waals surface area (Å²) in [6.07, 6.45) is 0. The van der Waals surface area contributed by atoms with E-state index in [4.69, 9.17) is 9.15 Å². The molecule has 0 radical (unpaired) electrons. The van der Waals surface area contributed by atoms with Crippen molar-refractivity contribution in [2.75, 3.05) is 13.2 Å². The molecule has 0 unspecified atom stereocenters. The monoisotopic (exact) mass is 555 g/mol. The number of amides is 1. The van der Waals surface area contributed by atoms with Crippen LogP contribution in [0, 0.1) is 27.2 Å². The molecule has 1 aliphatic carbocycles. The molecular formula is C29H21N3O9. The number of phenols is 1. The van der Waals surface area contributed by atoms with Gasteiger partial charge in [-0.15, -0.1) is 0 Å². The van der Waals surface area contributed by atoms with Gasteiger partial charge in [0.1, 0.15) is 29.4 Å². The second-order valence-corrected chi connectivity index (χ2v) is 9.15. The highest BCUT2D eigenvalue weighted by Gasteiger charge is 2.21. The van der Waals surface area contributed by atoms with Gasteiger partial charge in [-0.25, -0.2) is 0 Å². The maximum Gasteiger partial charge on any atom is 0.277 e. The lowest BCUT2D eigenvalue weighted by atomic mass is 9.91. The first kappa shape index (κ1) is 26.8. The van der Waals surface area contributed by atoms with E-state index >= 15 is 0 Å². The van der Waals surface area contributed by atoms with Crippen LogP contribution in [-0.4, -0.2) is 34.0 Å². The van der Waals surface area contributed by atoms with Gasteiger partial charge in [0.2, 0.25) is 0 Å². The van der Waals surface area contributed by atoms with Gasteiger partial charge in [0.15, 0.2) is 5.43 Å². The van der Waals surface area contributed by atoms with E-state index in [0.717, 1.165) is 45.8 Å². The summed E-state index contributed by atoms with van der Waals surface area (Å²) < 4.78 is 11.7. The number of carbonyl (C=O) groups is 1. The van der Waals surface area contributed by atoms with Crippen LogP contribution in [0.5, 0.6) is 11.5 Å². The molecule has 1 aliphatic heterocycles. The van der Waals surface area contributed by atoms with Crippen molar-refractivity contribution in [3.63, 3.8) is 0 Å². The van der Waals surface area contributed by atoms with Crippen molar-refractivity contribution in [1.29, 1.82) is 0 Å². The Morgan fingerprint density at radius 1 is 0.927 bits per heavy atom. The number of benzene rings is 4. The largest absolute Gasteiger partial charge is 0.508 e. The lowest BCUT2D eigenvalue weighted by Gasteiger charge is -2.17. The molecule has 0 atom stereocenters. The van der Waals surface area contributed by atoms with Crippen LogP contribution >= 0.6 is 0 Å². The van der Waals surface area contributed by atoms with Gasteiger partial charge >= 0.3 is 0 Å². The predicted octanol–water partition coefficient (Wildman–Crippen LogP) is 5.20. The van der Waals surface area contributed by atoms with Crippen LogP contribution in [0.15, 0.2) is 82.0 Å². The van der Waals surface area contributed by atoms with Crippen molar-refractivity contribution < 1.29 is 28.9 Å². The molecule has 0 bridgehead atoms. The lowest BCUT2D eigenvalue weighted by molar-refractivity contribution is -0.394. The summed E-state index contributed by atoms with van der Waals surface area (Å²) in [5, 5.41) is 35.4. The topological polar surface area (TPSA) is 175 Å². The van der Waals surface area contributed by atoms with Crippen LogP contribution in [0.3, 0.4) is 0 Å². The standard InChI is InChI=1S/C29H21N3O9/c1-16-10-22(40-9-8-30-29(35)17-11-18(31(36)37)13-19(12-17)32(38)39)4-7-23(16)28-24-5-2-20(33)14-26(24)41-27-15-21(34)3-6-25(27)28/h2-7,10-15,33H,8-9H2,1H3,(H,30,35). The number of carbonyl (C=O) groups excluding carboxylic acids is 1. The van der Waals surface area contributed by atoms with E-state index in [9.17, 15) is 34.9 Å². The zero-order valence-corrected chi connectivity index (χ0v) is 21.5. The summed E-state index contributed by atoms with van der Waals surface area (Å²) in [5.41, 5.74) is 2.13. The Hall–Kier alpha value is -5.78. The number of ether oxygens (including phenoxy) is 1. The quantitative estimate of drug-likeness (QED) is 0.113. The Labute approximate surface area is 231 Å². The van der Waals surface area contributed by atoms with Crippen LogP contribution in [0.4, 0.5) is 11.4 Å². The summed E-state index contributed by atoms with van der Waals surface area (Å²) >= 11 is 0. The first-order valence-corrected chi connectivity index (χ1v) is 12.3. The summed E-state index contributed by atoms with van der Waals surface area (Å²) in [6.45, 7) is 1.99. The molecule has 206 valence electrons. The Morgan fingerprint density at radius 2 is 1.63 bits per heavy atom. The number of nitro benzene ring substituents is 2. The van der Waals surface area contributed by atoms with E-state index in [1.807, 2.05) is 19.1 Å². The van der Waals surface area contributed by atoms with Crippen molar-refractivity contribution in [3.8, 4) is 33.9 Å². The van der Waals surface area contributed by atoms with Crippen LogP contribution in [0.2, 0.25) is 0 Å². The average Bonchev–Trinajstić information content (AvgIpc) is 2.93. The Kier molecular flexibility index (Phi) is 7.04.